The van der Waals surface area contributed by atoms with Gasteiger partial charge in [0.1, 0.15) is 5.82 Å². The number of benzene rings is 1. The Bertz CT molecular complexity index is 630. The van der Waals surface area contributed by atoms with Crippen molar-refractivity contribution in [3.63, 3.8) is 0 Å². The van der Waals surface area contributed by atoms with Crippen LogP contribution in [0.3, 0.4) is 0 Å². The highest BCUT2D eigenvalue weighted by Crippen LogP contribution is 2.25. The van der Waals surface area contributed by atoms with Crippen molar-refractivity contribution in [2.24, 2.45) is 5.73 Å². The van der Waals surface area contributed by atoms with E-state index in [-0.39, 0.29) is 18.4 Å². The normalized spacial score (nSPS) is 19.0. The maximum atomic E-state index is 13.6. The number of nitrogens with zero attached hydrogens (tertiary/aromatic N) is 1. The van der Waals surface area contributed by atoms with Crippen molar-refractivity contribution in [1.29, 1.82) is 0 Å². The number of hydrogen-bond donors (Lipinski definition) is 2. The zero-order valence-electron chi connectivity index (χ0n) is 12.0. The highest BCUT2D eigenvalue weighted by molar-refractivity contribution is 8.00. The van der Waals surface area contributed by atoms with E-state index in [0.29, 0.717) is 24.4 Å². The minimum Gasteiger partial charge on any atom is -0.479 e. The van der Waals surface area contributed by atoms with Crippen molar-refractivity contribution in [2.75, 3.05) is 12.3 Å². The molecule has 1 heterocycles. The number of carbonyl (C=O) groups excluding carboxylic acids is 1. The maximum Gasteiger partial charge on any atom is 0.337 e. The third-order valence-corrected chi connectivity index (χ3v) is 4.62. The van der Waals surface area contributed by atoms with Gasteiger partial charge in [-0.3, -0.25) is 4.79 Å². The maximum absolute atomic E-state index is 13.6. The third-order valence-electron chi connectivity index (χ3n) is 3.43. The molecule has 2 rings (SSSR count). The molecule has 0 saturated carbocycles. The Hall–Kier alpha value is -1.74. The molecule has 23 heavy (non-hydrogen) atoms. The van der Waals surface area contributed by atoms with E-state index >= 15 is 0 Å². The van der Waals surface area contributed by atoms with E-state index in [1.165, 1.54) is 4.90 Å². The first-order valence-corrected chi connectivity index (χ1v) is 7.87. The first kappa shape index (κ1) is 17.6. The molecule has 0 unspecified atom stereocenters. The SMILES string of the molecule is N[C@@H](CC(=O)N1CCS[C@H]1C(=O)O)Cc1cc(F)c(F)cc1F. The molecule has 0 aromatic heterocycles. The predicted octanol–water partition coefficient (Wildman–Crippen LogP) is 1.35. The number of carboxylic acids is 1. The number of rotatable bonds is 5. The van der Waals surface area contributed by atoms with Gasteiger partial charge in [-0.15, -0.1) is 11.8 Å². The summed E-state index contributed by atoms with van der Waals surface area (Å²) < 4.78 is 39.6. The molecule has 0 radical (unpaired) electrons. The van der Waals surface area contributed by atoms with Gasteiger partial charge in [-0.05, 0) is 18.1 Å². The Kier molecular flexibility index (Phi) is 5.53. The van der Waals surface area contributed by atoms with E-state index in [2.05, 4.69) is 0 Å². The van der Waals surface area contributed by atoms with Crippen molar-refractivity contribution in [2.45, 2.75) is 24.3 Å². The summed E-state index contributed by atoms with van der Waals surface area (Å²) >= 11 is 1.14. The number of halogens is 3. The lowest BCUT2D eigenvalue weighted by molar-refractivity contribution is -0.145. The van der Waals surface area contributed by atoms with Crippen LogP contribution in [0.2, 0.25) is 0 Å². The van der Waals surface area contributed by atoms with Crippen LogP contribution in [-0.4, -0.2) is 45.6 Å². The molecule has 0 bridgehead atoms. The van der Waals surface area contributed by atoms with E-state index in [1.54, 1.807) is 0 Å². The summed E-state index contributed by atoms with van der Waals surface area (Å²) in [6.07, 6.45) is -0.365. The number of thioether (sulfide) groups is 1. The van der Waals surface area contributed by atoms with Crippen LogP contribution in [0, 0.1) is 17.5 Å². The minimum atomic E-state index is -1.30. The summed E-state index contributed by atoms with van der Waals surface area (Å²) in [6, 6.07) is 0.305. The van der Waals surface area contributed by atoms with Crippen molar-refractivity contribution in [3.8, 4) is 0 Å². The predicted molar refractivity (Wildman–Crippen MR) is 78.2 cm³/mol. The Morgan fingerprint density at radius 2 is 1.96 bits per heavy atom. The van der Waals surface area contributed by atoms with Crippen LogP contribution in [-0.2, 0) is 16.0 Å². The topological polar surface area (TPSA) is 83.6 Å². The second-order valence-corrected chi connectivity index (χ2v) is 6.36. The van der Waals surface area contributed by atoms with Crippen LogP contribution >= 0.6 is 11.8 Å². The van der Waals surface area contributed by atoms with Gasteiger partial charge in [-0.1, -0.05) is 0 Å². The van der Waals surface area contributed by atoms with Gasteiger partial charge in [0.2, 0.25) is 5.91 Å². The molecule has 1 aliphatic rings. The van der Waals surface area contributed by atoms with Crippen LogP contribution in [0.1, 0.15) is 12.0 Å². The number of hydrogen-bond acceptors (Lipinski definition) is 4. The lowest BCUT2D eigenvalue weighted by Crippen LogP contribution is -2.42. The lowest BCUT2D eigenvalue weighted by atomic mass is 10.0. The van der Waals surface area contributed by atoms with E-state index < -0.39 is 40.7 Å². The zero-order chi connectivity index (χ0) is 17.1. The minimum absolute atomic E-state index is 0.130. The molecule has 3 N–H and O–H groups in total. The van der Waals surface area contributed by atoms with Gasteiger partial charge in [0.25, 0.3) is 0 Å². The molecule has 1 fully saturated rings. The Labute approximate surface area is 134 Å². The van der Waals surface area contributed by atoms with Gasteiger partial charge in [0.05, 0.1) is 0 Å². The Balaban J connectivity index is 1.99. The molecule has 126 valence electrons. The Morgan fingerprint density at radius 1 is 1.30 bits per heavy atom. The van der Waals surface area contributed by atoms with Crippen LogP contribution in [0.5, 0.6) is 0 Å². The average Bonchev–Trinajstić information content (AvgIpc) is 2.94. The van der Waals surface area contributed by atoms with Crippen molar-refractivity contribution >= 4 is 23.6 Å². The monoisotopic (exact) mass is 348 g/mol. The smallest absolute Gasteiger partial charge is 0.337 e. The summed E-state index contributed by atoms with van der Waals surface area (Å²) in [4.78, 5) is 24.3. The summed E-state index contributed by atoms with van der Waals surface area (Å²) in [5.74, 6) is -4.49. The second kappa shape index (κ2) is 7.22. The van der Waals surface area contributed by atoms with Crippen LogP contribution < -0.4 is 5.73 Å². The first-order valence-electron chi connectivity index (χ1n) is 6.82. The molecule has 0 aliphatic carbocycles. The quantitative estimate of drug-likeness (QED) is 0.785. The molecule has 5 nitrogen and oxygen atoms in total. The lowest BCUT2D eigenvalue weighted by Gasteiger charge is -2.22. The number of nitrogens with two attached hydrogens (primary N) is 1. The summed E-state index contributed by atoms with van der Waals surface area (Å²) in [6.45, 7) is 0.298. The number of carboxylic acid groups (broad SMARTS) is 1. The van der Waals surface area contributed by atoms with Gasteiger partial charge in [-0.2, -0.15) is 0 Å². The van der Waals surface area contributed by atoms with Gasteiger partial charge in [0, 0.05) is 30.8 Å². The highest BCUT2D eigenvalue weighted by Gasteiger charge is 2.35. The van der Waals surface area contributed by atoms with Crippen LogP contribution in [0.25, 0.3) is 0 Å². The number of amides is 1. The zero-order valence-corrected chi connectivity index (χ0v) is 12.8. The molecule has 1 amide bonds. The van der Waals surface area contributed by atoms with E-state index in [4.69, 9.17) is 10.8 Å². The fourth-order valence-electron chi connectivity index (χ4n) is 2.35. The van der Waals surface area contributed by atoms with Crippen molar-refractivity contribution < 1.29 is 27.9 Å². The van der Waals surface area contributed by atoms with Crippen LogP contribution in [0.15, 0.2) is 12.1 Å². The molecule has 1 aromatic carbocycles. The van der Waals surface area contributed by atoms with E-state index in [9.17, 15) is 22.8 Å². The molecule has 1 saturated heterocycles. The van der Waals surface area contributed by atoms with Gasteiger partial charge in [0.15, 0.2) is 17.0 Å². The fourth-order valence-corrected chi connectivity index (χ4v) is 3.42. The number of carbonyl (C=O) groups is 2. The van der Waals surface area contributed by atoms with Gasteiger partial charge in [-0.25, -0.2) is 18.0 Å². The molecule has 2 atom stereocenters. The summed E-state index contributed by atoms with van der Waals surface area (Å²) in [5, 5.41) is 8.07. The molecule has 9 heteroatoms. The van der Waals surface area contributed by atoms with Gasteiger partial charge >= 0.3 is 5.97 Å². The average molecular weight is 348 g/mol. The highest BCUT2D eigenvalue weighted by atomic mass is 32.2. The summed E-state index contributed by atoms with van der Waals surface area (Å²) in [7, 11) is 0. The third kappa shape index (κ3) is 4.17. The molecule has 1 aromatic rings. The van der Waals surface area contributed by atoms with Crippen LogP contribution in [0.4, 0.5) is 13.2 Å². The second-order valence-electron chi connectivity index (χ2n) is 5.17. The number of aliphatic carboxylic acids is 1. The van der Waals surface area contributed by atoms with Gasteiger partial charge < -0.3 is 15.7 Å². The summed E-state index contributed by atoms with van der Waals surface area (Å²) in [5.41, 5.74) is 5.64. The molecule has 0 spiro atoms. The van der Waals surface area contributed by atoms with Crippen molar-refractivity contribution in [3.05, 3.63) is 35.1 Å². The largest absolute Gasteiger partial charge is 0.479 e. The molecule has 1 aliphatic heterocycles. The standard InChI is InChI=1S/C14H15F3N2O3S/c15-9-6-11(17)10(16)4-7(9)3-8(18)5-12(20)19-1-2-23-13(19)14(21)22/h4,6,8,13H,1-3,5,18H2,(H,21,22)/t8-,13+/m1/s1. The fraction of sp³-hybridized carbons (Fsp3) is 0.429. The molecular formula is C14H15F3N2O3S. The van der Waals surface area contributed by atoms with E-state index in [1.807, 2.05) is 0 Å². The first-order chi connectivity index (χ1) is 10.8. The van der Waals surface area contributed by atoms with Crippen molar-refractivity contribution in [1.82, 2.24) is 4.90 Å². The Morgan fingerprint density at radius 3 is 2.61 bits per heavy atom. The van der Waals surface area contributed by atoms with E-state index in [0.717, 1.165) is 11.8 Å². The molecular weight excluding hydrogens is 333 g/mol.